The molecule has 2 heterocycles. The standard InChI is InChI=1S/C18H22N2OS/c1-13-9-14(2)11-20(10-13)17(21)12-22-16-7-3-5-15-6-4-8-19-18(15)16/h3-8,13-14H,9-12H2,1-2H3. The minimum absolute atomic E-state index is 0.247. The number of nitrogens with zero attached hydrogens (tertiary/aromatic N) is 2. The summed E-state index contributed by atoms with van der Waals surface area (Å²) >= 11 is 1.60. The van der Waals surface area contributed by atoms with Crippen LogP contribution in [0.15, 0.2) is 41.4 Å². The molecular formula is C18H22N2OS. The molecule has 0 bridgehead atoms. The molecule has 1 aliphatic heterocycles. The first-order chi connectivity index (χ1) is 10.6. The zero-order chi connectivity index (χ0) is 15.5. The molecule has 0 N–H and O–H groups in total. The van der Waals surface area contributed by atoms with Crippen molar-refractivity contribution >= 4 is 28.6 Å². The van der Waals surface area contributed by atoms with Crippen LogP contribution in [0.25, 0.3) is 10.9 Å². The van der Waals surface area contributed by atoms with E-state index >= 15 is 0 Å². The fourth-order valence-corrected chi connectivity index (χ4v) is 4.23. The van der Waals surface area contributed by atoms with Gasteiger partial charge in [-0.1, -0.05) is 32.0 Å². The first kappa shape index (κ1) is 15.3. The molecule has 1 saturated heterocycles. The second-order valence-corrected chi connectivity index (χ2v) is 7.38. The summed E-state index contributed by atoms with van der Waals surface area (Å²) in [5, 5.41) is 1.13. The van der Waals surface area contributed by atoms with E-state index in [-0.39, 0.29) is 5.91 Å². The quantitative estimate of drug-likeness (QED) is 0.807. The van der Waals surface area contributed by atoms with Crippen molar-refractivity contribution < 1.29 is 4.79 Å². The third-order valence-electron chi connectivity index (χ3n) is 4.17. The molecule has 1 aromatic heterocycles. The maximum atomic E-state index is 12.5. The van der Waals surface area contributed by atoms with Crippen molar-refractivity contribution in [2.75, 3.05) is 18.8 Å². The molecule has 0 saturated carbocycles. The Morgan fingerprint density at radius 2 is 1.95 bits per heavy atom. The molecule has 4 heteroatoms. The van der Waals surface area contributed by atoms with Gasteiger partial charge >= 0.3 is 0 Å². The van der Waals surface area contributed by atoms with Gasteiger partial charge in [-0.25, -0.2) is 0 Å². The maximum Gasteiger partial charge on any atom is 0.232 e. The minimum atomic E-state index is 0.247. The molecule has 3 nitrogen and oxygen atoms in total. The normalized spacial score (nSPS) is 22.0. The zero-order valence-corrected chi connectivity index (χ0v) is 14.0. The van der Waals surface area contributed by atoms with Gasteiger partial charge in [0.05, 0.1) is 11.3 Å². The average Bonchev–Trinajstić information content (AvgIpc) is 2.51. The molecule has 1 aliphatic rings. The Labute approximate surface area is 136 Å². The summed E-state index contributed by atoms with van der Waals surface area (Å²) in [4.78, 5) is 20.1. The summed E-state index contributed by atoms with van der Waals surface area (Å²) in [7, 11) is 0. The summed E-state index contributed by atoms with van der Waals surface area (Å²) in [5.74, 6) is 1.96. The Balaban J connectivity index is 1.67. The van der Waals surface area contributed by atoms with Gasteiger partial charge in [0.2, 0.25) is 5.91 Å². The molecule has 2 aromatic rings. The molecule has 116 valence electrons. The van der Waals surface area contributed by atoms with Gasteiger partial charge in [0.15, 0.2) is 0 Å². The topological polar surface area (TPSA) is 33.2 Å². The molecule has 0 aliphatic carbocycles. The van der Waals surface area contributed by atoms with Crippen LogP contribution in [0.3, 0.4) is 0 Å². The van der Waals surface area contributed by atoms with Crippen LogP contribution in [0, 0.1) is 11.8 Å². The third-order valence-corrected chi connectivity index (χ3v) is 5.20. The number of amides is 1. The molecule has 22 heavy (non-hydrogen) atoms. The highest BCUT2D eigenvalue weighted by Gasteiger charge is 2.25. The van der Waals surface area contributed by atoms with Crippen LogP contribution in [0.4, 0.5) is 0 Å². The van der Waals surface area contributed by atoms with Crippen molar-refractivity contribution in [3.63, 3.8) is 0 Å². The van der Waals surface area contributed by atoms with Gasteiger partial charge < -0.3 is 4.90 Å². The first-order valence-corrected chi connectivity index (χ1v) is 8.86. The molecular weight excluding hydrogens is 292 g/mol. The number of carbonyl (C=O) groups excluding carboxylic acids is 1. The van der Waals surface area contributed by atoms with Crippen molar-refractivity contribution in [1.29, 1.82) is 0 Å². The smallest absolute Gasteiger partial charge is 0.232 e. The monoisotopic (exact) mass is 314 g/mol. The van der Waals surface area contributed by atoms with E-state index in [0.29, 0.717) is 17.6 Å². The Morgan fingerprint density at radius 1 is 1.23 bits per heavy atom. The van der Waals surface area contributed by atoms with E-state index in [1.807, 2.05) is 23.2 Å². The van der Waals surface area contributed by atoms with Crippen molar-refractivity contribution in [2.45, 2.75) is 25.2 Å². The maximum absolute atomic E-state index is 12.5. The van der Waals surface area contributed by atoms with Gasteiger partial charge in [-0.3, -0.25) is 9.78 Å². The van der Waals surface area contributed by atoms with Crippen molar-refractivity contribution in [3.8, 4) is 0 Å². The molecule has 2 atom stereocenters. The van der Waals surface area contributed by atoms with Crippen LogP contribution in [0.5, 0.6) is 0 Å². The number of para-hydroxylation sites is 1. The van der Waals surface area contributed by atoms with Gasteiger partial charge in [-0.15, -0.1) is 11.8 Å². The highest BCUT2D eigenvalue weighted by Crippen LogP contribution is 2.27. The molecule has 3 rings (SSSR count). The minimum Gasteiger partial charge on any atom is -0.341 e. The van der Waals surface area contributed by atoms with Gasteiger partial charge in [0, 0.05) is 29.6 Å². The SMILES string of the molecule is CC1CC(C)CN(C(=O)CSc2cccc3cccnc23)C1. The first-order valence-electron chi connectivity index (χ1n) is 7.88. The second-order valence-electron chi connectivity index (χ2n) is 6.36. The summed E-state index contributed by atoms with van der Waals surface area (Å²) in [5.41, 5.74) is 0.989. The number of likely N-dealkylation sites (tertiary alicyclic amines) is 1. The van der Waals surface area contributed by atoms with E-state index in [0.717, 1.165) is 28.9 Å². The van der Waals surface area contributed by atoms with Crippen LogP contribution < -0.4 is 0 Å². The van der Waals surface area contributed by atoms with E-state index in [9.17, 15) is 4.79 Å². The Hall–Kier alpha value is -1.55. The number of thioether (sulfide) groups is 1. The van der Waals surface area contributed by atoms with Crippen LogP contribution in [-0.4, -0.2) is 34.6 Å². The van der Waals surface area contributed by atoms with E-state index in [1.165, 1.54) is 6.42 Å². The van der Waals surface area contributed by atoms with Gasteiger partial charge in [0.25, 0.3) is 0 Å². The van der Waals surface area contributed by atoms with Gasteiger partial charge in [-0.05, 0) is 30.4 Å². The summed E-state index contributed by atoms with van der Waals surface area (Å²) in [6.45, 7) is 6.27. The average molecular weight is 314 g/mol. The summed E-state index contributed by atoms with van der Waals surface area (Å²) in [6, 6.07) is 10.1. The van der Waals surface area contributed by atoms with Crippen LogP contribution in [-0.2, 0) is 4.79 Å². The number of hydrogen-bond donors (Lipinski definition) is 0. The fourth-order valence-electron chi connectivity index (χ4n) is 3.29. The lowest BCUT2D eigenvalue weighted by Crippen LogP contribution is -2.43. The number of fused-ring (bicyclic) bond motifs is 1. The predicted octanol–water partition coefficient (Wildman–Crippen LogP) is 3.83. The number of hydrogen-bond acceptors (Lipinski definition) is 3. The molecule has 0 spiro atoms. The Kier molecular flexibility index (Phi) is 4.67. The third kappa shape index (κ3) is 3.43. The summed E-state index contributed by atoms with van der Waals surface area (Å²) < 4.78 is 0. The van der Waals surface area contributed by atoms with Crippen LogP contribution in [0.2, 0.25) is 0 Å². The second kappa shape index (κ2) is 6.69. The van der Waals surface area contributed by atoms with Crippen molar-refractivity contribution in [3.05, 3.63) is 36.5 Å². The predicted molar refractivity (Wildman–Crippen MR) is 92.0 cm³/mol. The van der Waals surface area contributed by atoms with Crippen LogP contribution in [0.1, 0.15) is 20.3 Å². The number of aromatic nitrogens is 1. The highest BCUT2D eigenvalue weighted by atomic mass is 32.2. The van der Waals surface area contributed by atoms with E-state index in [2.05, 4.69) is 37.0 Å². The molecule has 1 aromatic carbocycles. The molecule has 1 amide bonds. The van der Waals surface area contributed by atoms with Gasteiger partial charge in [-0.2, -0.15) is 0 Å². The van der Waals surface area contributed by atoms with Crippen molar-refractivity contribution in [1.82, 2.24) is 9.88 Å². The Bertz CT molecular complexity index is 658. The number of piperidine rings is 1. The summed E-state index contributed by atoms with van der Waals surface area (Å²) in [6.07, 6.45) is 3.03. The van der Waals surface area contributed by atoms with E-state index < -0.39 is 0 Å². The fraction of sp³-hybridized carbons (Fsp3) is 0.444. The van der Waals surface area contributed by atoms with Crippen LogP contribution >= 0.6 is 11.8 Å². The number of benzene rings is 1. The highest BCUT2D eigenvalue weighted by molar-refractivity contribution is 8.00. The lowest BCUT2D eigenvalue weighted by atomic mass is 9.92. The molecule has 2 unspecified atom stereocenters. The lowest BCUT2D eigenvalue weighted by Gasteiger charge is -2.35. The van der Waals surface area contributed by atoms with E-state index in [1.54, 1.807) is 11.8 Å². The number of rotatable bonds is 3. The van der Waals surface area contributed by atoms with Crippen molar-refractivity contribution in [2.24, 2.45) is 11.8 Å². The van der Waals surface area contributed by atoms with E-state index in [4.69, 9.17) is 0 Å². The molecule has 0 radical (unpaired) electrons. The lowest BCUT2D eigenvalue weighted by molar-refractivity contribution is -0.130. The Morgan fingerprint density at radius 3 is 2.73 bits per heavy atom. The largest absolute Gasteiger partial charge is 0.341 e. The number of carbonyl (C=O) groups is 1. The van der Waals surface area contributed by atoms with Gasteiger partial charge in [0.1, 0.15) is 0 Å². The number of pyridine rings is 1. The zero-order valence-electron chi connectivity index (χ0n) is 13.2. The molecule has 1 fully saturated rings.